The number of benzene rings is 2. The topological polar surface area (TPSA) is 69.3 Å². The van der Waals surface area contributed by atoms with E-state index in [2.05, 4.69) is 10.4 Å². The number of carbonyl (C=O) groups excluding carboxylic acids is 1. The van der Waals surface area contributed by atoms with E-state index in [1.165, 1.54) is 0 Å². The standard InChI is InChI=1S/C21H18ClN3O3/c1-13-17-11-15(22)5-8-18(17)28-20(13)21(26)24-19-9-10-23-25(19)12-14-3-6-16(27-2)7-4-14/h3-11H,12H2,1-2H3,(H,24,26). The van der Waals surface area contributed by atoms with Crippen LogP contribution in [-0.4, -0.2) is 22.8 Å². The summed E-state index contributed by atoms with van der Waals surface area (Å²) in [5.41, 5.74) is 2.41. The molecule has 1 amide bonds. The molecule has 0 atom stereocenters. The van der Waals surface area contributed by atoms with Gasteiger partial charge in [0.05, 0.1) is 19.9 Å². The molecule has 0 radical (unpaired) electrons. The number of methoxy groups -OCH3 is 1. The molecule has 0 bridgehead atoms. The fraction of sp³-hybridized carbons (Fsp3) is 0.143. The Morgan fingerprint density at radius 2 is 2.00 bits per heavy atom. The third-order valence-corrected chi connectivity index (χ3v) is 4.79. The summed E-state index contributed by atoms with van der Waals surface area (Å²) in [6, 6.07) is 14.7. The van der Waals surface area contributed by atoms with Crippen LogP contribution in [0.4, 0.5) is 5.82 Å². The number of nitrogens with zero attached hydrogens (tertiary/aromatic N) is 2. The molecular weight excluding hydrogens is 378 g/mol. The van der Waals surface area contributed by atoms with Gasteiger partial charge in [-0.25, -0.2) is 4.68 Å². The minimum atomic E-state index is -0.332. The van der Waals surface area contributed by atoms with Crippen LogP contribution in [0, 0.1) is 6.92 Å². The van der Waals surface area contributed by atoms with E-state index in [1.807, 2.05) is 31.2 Å². The van der Waals surface area contributed by atoms with Crippen molar-refractivity contribution >= 4 is 34.3 Å². The largest absolute Gasteiger partial charge is 0.497 e. The van der Waals surface area contributed by atoms with Crippen LogP contribution in [0.25, 0.3) is 11.0 Å². The molecule has 4 aromatic rings. The van der Waals surface area contributed by atoms with Crippen LogP contribution >= 0.6 is 11.6 Å². The maximum Gasteiger partial charge on any atom is 0.292 e. The smallest absolute Gasteiger partial charge is 0.292 e. The average Bonchev–Trinajstić information content (AvgIpc) is 3.26. The van der Waals surface area contributed by atoms with E-state index in [1.54, 1.807) is 42.3 Å². The monoisotopic (exact) mass is 395 g/mol. The van der Waals surface area contributed by atoms with Gasteiger partial charge in [-0.1, -0.05) is 23.7 Å². The number of carbonyl (C=O) groups is 1. The first-order chi connectivity index (χ1) is 13.5. The van der Waals surface area contributed by atoms with Gasteiger partial charge in [0.15, 0.2) is 5.76 Å². The number of ether oxygens (including phenoxy) is 1. The van der Waals surface area contributed by atoms with Crippen molar-refractivity contribution in [3.63, 3.8) is 0 Å². The van der Waals surface area contributed by atoms with Crippen LogP contribution in [0.3, 0.4) is 0 Å². The van der Waals surface area contributed by atoms with Crippen LogP contribution < -0.4 is 10.1 Å². The first-order valence-electron chi connectivity index (χ1n) is 8.70. The van der Waals surface area contributed by atoms with Crippen molar-refractivity contribution in [1.29, 1.82) is 0 Å². The lowest BCUT2D eigenvalue weighted by Gasteiger charge is -2.09. The Bertz CT molecular complexity index is 1150. The van der Waals surface area contributed by atoms with Crippen molar-refractivity contribution in [1.82, 2.24) is 9.78 Å². The Labute approximate surface area is 166 Å². The molecule has 6 nitrogen and oxygen atoms in total. The molecule has 0 saturated carbocycles. The molecule has 0 aliphatic carbocycles. The highest BCUT2D eigenvalue weighted by Crippen LogP contribution is 2.28. The molecule has 0 fully saturated rings. The van der Waals surface area contributed by atoms with Crippen LogP contribution in [0.2, 0.25) is 5.02 Å². The van der Waals surface area contributed by atoms with Gasteiger partial charge < -0.3 is 14.5 Å². The average molecular weight is 396 g/mol. The molecule has 0 unspecified atom stereocenters. The molecule has 0 aliphatic rings. The third-order valence-electron chi connectivity index (χ3n) is 4.55. The highest BCUT2D eigenvalue weighted by molar-refractivity contribution is 6.31. The van der Waals surface area contributed by atoms with Gasteiger partial charge in [0.2, 0.25) is 0 Å². The number of nitrogens with one attached hydrogen (secondary N) is 1. The highest BCUT2D eigenvalue weighted by atomic mass is 35.5. The molecule has 1 N–H and O–H groups in total. The SMILES string of the molecule is COc1ccc(Cn2nccc2NC(=O)c2oc3ccc(Cl)cc3c2C)cc1. The lowest BCUT2D eigenvalue weighted by Crippen LogP contribution is -2.16. The summed E-state index contributed by atoms with van der Waals surface area (Å²) in [6.07, 6.45) is 1.64. The predicted octanol–water partition coefficient (Wildman–Crippen LogP) is 4.90. The van der Waals surface area contributed by atoms with Gasteiger partial charge in [-0.3, -0.25) is 4.79 Å². The van der Waals surface area contributed by atoms with Crippen LogP contribution in [-0.2, 0) is 6.54 Å². The molecule has 0 saturated heterocycles. The zero-order valence-corrected chi connectivity index (χ0v) is 16.2. The number of fused-ring (bicyclic) bond motifs is 1. The van der Waals surface area contributed by atoms with Crippen molar-refractivity contribution in [2.45, 2.75) is 13.5 Å². The number of halogens is 1. The Balaban J connectivity index is 1.56. The summed E-state index contributed by atoms with van der Waals surface area (Å²) in [5, 5.41) is 8.60. The summed E-state index contributed by atoms with van der Waals surface area (Å²) in [4.78, 5) is 12.8. The van der Waals surface area contributed by atoms with Gasteiger partial charge in [0.25, 0.3) is 5.91 Å². The van der Waals surface area contributed by atoms with Gasteiger partial charge in [0.1, 0.15) is 17.2 Å². The lowest BCUT2D eigenvalue weighted by molar-refractivity contribution is 0.0997. The minimum absolute atomic E-state index is 0.259. The lowest BCUT2D eigenvalue weighted by atomic mass is 10.1. The third kappa shape index (κ3) is 3.46. The number of rotatable bonds is 5. The van der Waals surface area contributed by atoms with Gasteiger partial charge in [-0.2, -0.15) is 5.10 Å². The fourth-order valence-electron chi connectivity index (χ4n) is 3.05. The van der Waals surface area contributed by atoms with Crippen molar-refractivity contribution < 1.29 is 13.9 Å². The zero-order chi connectivity index (χ0) is 19.7. The summed E-state index contributed by atoms with van der Waals surface area (Å²) >= 11 is 6.05. The Kier molecular flexibility index (Phi) is 4.79. The number of aryl methyl sites for hydroxylation is 1. The van der Waals surface area contributed by atoms with Crippen molar-refractivity contribution in [2.75, 3.05) is 12.4 Å². The molecule has 0 aliphatic heterocycles. The molecule has 142 valence electrons. The molecule has 4 rings (SSSR count). The van der Waals surface area contributed by atoms with E-state index < -0.39 is 0 Å². The van der Waals surface area contributed by atoms with Crippen molar-refractivity contribution in [2.24, 2.45) is 0 Å². The van der Waals surface area contributed by atoms with Gasteiger partial charge in [0, 0.05) is 22.0 Å². The van der Waals surface area contributed by atoms with Gasteiger partial charge in [-0.15, -0.1) is 0 Å². The van der Waals surface area contributed by atoms with E-state index >= 15 is 0 Å². The highest BCUT2D eigenvalue weighted by Gasteiger charge is 2.19. The van der Waals surface area contributed by atoms with Gasteiger partial charge in [-0.05, 0) is 42.8 Å². The number of amides is 1. The maximum atomic E-state index is 12.8. The number of aromatic nitrogens is 2. The zero-order valence-electron chi connectivity index (χ0n) is 15.4. The van der Waals surface area contributed by atoms with Crippen LogP contribution in [0.15, 0.2) is 59.1 Å². The first kappa shape index (κ1) is 18.1. The summed E-state index contributed by atoms with van der Waals surface area (Å²) < 4.78 is 12.6. The molecular formula is C21H18ClN3O3. The minimum Gasteiger partial charge on any atom is -0.497 e. The van der Waals surface area contributed by atoms with E-state index in [-0.39, 0.29) is 11.7 Å². The number of hydrogen-bond acceptors (Lipinski definition) is 4. The van der Waals surface area contributed by atoms with E-state index in [4.69, 9.17) is 20.8 Å². The quantitative estimate of drug-likeness (QED) is 0.521. The van der Waals surface area contributed by atoms with E-state index in [0.29, 0.717) is 23.0 Å². The molecule has 2 heterocycles. The molecule has 2 aromatic carbocycles. The summed E-state index contributed by atoms with van der Waals surface area (Å²) in [7, 11) is 1.63. The van der Waals surface area contributed by atoms with E-state index in [0.717, 1.165) is 22.3 Å². The Morgan fingerprint density at radius 1 is 1.21 bits per heavy atom. The number of furan rings is 1. The second-order valence-electron chi connectivity index (χ2n) is 6.37. The Morgan fingerprint density at radius 3 is 2.75 bits per heavy atom. The van der Waals surface area contributed by atoms with Crippen LogP contribution in [0.1, 0.15) is 21.7 Å². The maximum absolute atomic E-state index is 12.8. The van der Waals surface area contributed by atoms with Crippen LogP contribution in [0.5, 0.6) is 5.75 Å². The van der Waals surface area contributed by atoms with Crippen molar-refractivity contribution in [3.8, 4) is 5.75 Å². The molecule has 7 heteroatoms. The molecule has 2 aromatic heterocycles. The summed E-state index contributed by atoms with van der Waals surface area (Å²) in [5.74, 6) is 1.30. The second-order valence-corrected chi connectivity index (χ2v) is 6.81. The Hall–Kier alpha value is -3.25. The number of anilines is 1. The summed E-state index contributed by atoms with van der Waals surface area (Å²) in [6.45, 7) is 2.35. The molecule has 28 heavy (non-hydrogen) atoms. The normalized spacial score (nSPS) is 11.0. The molecule has 0 spiro atoms. The fourth-order valence-corrected chi connectivity index (χ4v) is 3.22. The van der Waals surface area contributed by atoms with Crippen molar-refractivity contribution in [3.05, 3.63) is 76.6 Å². The number of hydrogen-bond donors (Lipinski definition) is 1. The van der Waals surface area contributed by atoms with E-state index in [9.17, 15) is 4.79 Å². The van der Waals surface area contributed by atoms with Gasteiger partial charge >= 0.3 is 0 Å². The second kappa shape index (κ2) is 7.40. The first-order valence-corrected chi connectivity index (χ1v) is 9.07. The predicted molar refractivity (Wildman–Crippen MR) is 108 cm³/mol.